The summed E-state index contributed by atoms with van der Waals surface area (Å²) < 4.78 is 26.1. The summed E-state index contributed by atoms with van der Waals surface area (Å²) in [7, 11) is 0. The van der Waals surface area contributed by atoms with E-state index in [-0.39, 0.29) is 17.5 Å². The zero-order valence-electron chi connectivity index (χ0n) is 10.9. The minimum atomic E-state index is -1.000. The number of hydrogen-bond acceptors (Lipinski definition) is 2. The number of carbonyl (C=O) groups is 1. The highest BCUT2D eigenvalue weighted by molar-refractivity contribution is 5.94. The number of hydrogen-bond donors (Lipinski definition) is 1. The van der Waals surface area contributed by atoms with Gasteiger partial charge in [0.15, 0.2) is 11.6 Å². The second kappa shape index (κ2) is 5.65. The maximum atomic E-state index is 13.2. The number of nitrogens with two attached hydrogens (primary N) is 1. The first kappa shape index (κ1) is 13.9. The molecule has 1 saturated heterocycles. The standard InChI is InChI=1S/C14H18F2N2O/c1-9-3-2-6-18(13(9)8-17)14(19)10-4-5-11(15)12(16)7-10/h4-5,7,9,13H,2-3,6,8,17H2,1H3/t9-,13-/m1/s1. The number of halogens is 2. The Kier molecular flexibility index (Phi) is 4.14. The molecule has 1 fully saturated rings. The van der Waals surface area contributed by atoms with Crippen LogP contribution in [0.15, 0.2) is 18.2 Å². The van der Waals surface area contributed by atoms with Crippen molar-refractivity contribution in [2.45, 2.75) is 25.8 Å². The first-order valence-electron chi connectivity index (χ1n) is 6.50. The quantitative estimate of drug-likeness (QED) is 0.893. The van der Waals surface area contributed by atoms with Crippen molar-refractivity contribution >= 4 is 5.91 Å². The molecule has 1 aliphatic rings. The van der Waals surface area contributed by atoms with E-state index in [1.165, 1.54) is 6.07 Å². The molecule has 0 bridgehead atoms. The molecule has 1 amide bonds. The van der Waals surface area contributed by atoms with Crippen molar-refractivity contribution in [1.82, 2.24) is 4.90 Å². The van der Waals surface area contributed by atoms with Gasteiger partial charge in [0.2, 0.25) is 0 Å². The Hall–Kier alpha value is -1.49. The first-order valence-corrected chi connectivity index (χ1v) is 6.50. The van der Waals surface area contributed by atoms with Crippen LogP contribution in [0.25, 0.3) is 0 Å². The van der Waals surface area contributed by atoms with Crippen LogP contribution in [0.3, 0.4) is 0 Å². The van der Waals surface area contributed by atoms with Crippen molar-refractivity contribution in [3.05, 3.63) is 35.4 Å². The lowest BCUT2D eigenvalue weighted by molar-refractivity contribution is 0.0532. The summed E-state index contributed by atoms with van der Waals surface area (Å²) in [5.74, 6) is -1.90. The molecule has 1 aromatic carbocycles. The normalized spacial score (nSPS) is 23.5. The molecule has 0 radical (unpaired) electrons. The Morgan fingerprint density at radius 2 is 2.16 bits per heavy atom. The first-order chi connectivity index (χ1) is 9.04. The van der Waals surface area contributed by atoms with E-state index in [4.69, 9.17) is 5.73 Å². The largest absolute Gasteiger partial charge is 0.334 e. The highest BCUT2D eigenvalue weighted by Crippen LogP contribution is 2.24. The third-order valence-electron chi connectivity index (χ3n) is 3.78. The average Bonchev–Trinajstić information content (AvgIpc) is 2.40. The van der Waals surface area contributed by atoms with E-state index in [2.05, 4.69) is 6.92 Å². The fraction of sp³-hybridized carbons (Fsp3) is 0.500. The van der Waals surface area contributed by atoms with Gasteiger partial charge in [0.1, 0.15) is 0 Å². The van der Waals surface area contributed by atoms with Gasteiger partial charge in [0.25, 0.3) is 5.91 Å². The molecule has 2 rings (SSSR count). The van der Waals surface area contributed by atoms with Crippen LogP contribution >= 0.6 is 0 Å². The lowest BCUT2D eigenvalue weighted by atomic mass is 9.90. The fourth-order valence-electron chi connectivity index (χ4n) is 2.66. The van der Waals surface area contributed by atoms with E-state index in [0.29, 0.717) is 19.0 Å². The molecule has 2 atom stereocenters. The van der Waals surface area contributed by atoms with Crippen LogP contribution in [0.2, 0.25) is 0 Å². The van der Waals surface area contributed by atoms with Crippen LogP contribution < -0.4 is 5.73 Å². The summed E-state index contributed by atoms with van der Waals surface area (Å²) in [6, 6.07) is 3.21. The number of nitrogens with zero attached hydrogens (tertiary/aromatic N) is 1. The molecule has 1 aromatic rings. The van der Waals surface area contributed by atoms with E-state index in [1.807, 2.05) is 0 Å². The van der Waals surface area contributed by atoms with Gasteiger partial charge in [-0.25, -0.2) is 8.78 Å². The monoisotopic (exact) mass is 268 g/mol. The second-order valence-corrected chi connectivity index (χ2v) is 5.05. The zero-order chi connectivity index (χ0) is 14.0. The van der Waals surface area contributed by atoms with Crippen molar-refractivity contribution in [3.8, 4) is 0 Å². The van der Waals surface area contributed by atoms with Crippen molar-refractivity contribution in [1.29, 1.82) is 0 Å². The zero-order valence-corrected chi connectivity index (χ0v) is 10.9. The van der Waals surface area contributed by atoms with Crippen molar-refractivity contribution in [3.63, 3.8) is 0 Å². The van der Waals surface area contributed by atoms with E-state index in [0.717, 1.165) is 25.0 Å². The van der Waals surface area contributed by atoms with Crippen molar-refractivity contribution in [2.24, 2.45) is 11.7 Å². The van der Waals surface area contributed by atoms with Gasteiger partial charge in [-0.05, 0) is 37.0 Å². The summed E-state index contributed by atoms with van der Waals surface area (Å²) in [5.41, 5.74) is 5.90. The summed E-state index contributed by atoms with van der Waals surface area (Å²) in [4.78, 5) is 14.0. The van der Waals surface area contributed by atoms with Gasteiger partial charge in [-0.15, -0.1) is 0 Å². The Balaban J connectivity index is 2.24. The fourth-order valence-corrected chi connectivity index (χ4v) is 2.66. The number of rotatable bonds is 2. The van der Waals surface area contributed by atoms with Crippen LogP contribution in [0.4, 0.5) is 8.78 Å². The average molecular weight is 268 g/mol. The third kappa shape index (κ3) is 2.76. The molecule has 104 valence electrons. The van der Waals surface area contributed by atoms with Gasteiger partial charge in [-0.3, -0.25) is 4.79 Å². The smallest absolute Gasteiger partial charge is 0.254 e. The molecular weight excluding hydrogens is 250 g/mol. The van der Waals surface area contributed by atoms with E-state index in [9.17, 15) is 13.6 Å². The predicted molar refractivity (Wildman–Crippen MR) is 68.6 cm³/mol. The molecule has 1 aliphatic heterocycles. The van der Waals surface area contributed by atoms with Gasteiger partial charge in [0, 0.05) is 24.7 Å². The summed E-state index contributed by atoms with van der Waals surface area (Å²) in [6.45, 7) is 3.06. The molecule has 0 aromatic heterocycles. The number of carbonyl (C=O) groups excluding carboxylic acids is 1. The maximum Gasteiger partial charge on any atom is 0.254 e. The van der Waals surface area contributed by atoms with Crippen molar-refractivity contribution in [2.75, 3.05) is 13.1 Å². The SMILES string of the molecule is C[C@@H]1CCCN(C(=O)c2ccc(F)c(F)c2)[C@@H]1CN. The van der Waals surface area contributed by atoms with E-state index < -0.39 is 11.6 Å². The summed E-state index contributed by atoms with van der Waals surface area (Å²) in [5, 5.41) is 0. The molecule has 0 spiro atoms. The molecule has 0 saturated carbocycles. The molecule has 5 heteroatoms. The summed E-state index contributed by atoms with van der Waals surface area (Å²) >= 11 is 0. The molecule has 19 heavy (non-hydrogen) atoms. The minimum Gasteiger partial charge on any atom is -0.334 e. The Bertz CT molecular complexity index is 479. The van der Waals surface area contributed by atoms with Gasteiger partial charge < -0.3 is 10.6 Å². The lowest BCUT2D eigenvalue weighted by Crippen LogP contribution is -2.51. The number of amides is 1. The number of likely N-dealkylation sites (tertiary alicyclic amines) is 1. The van der Waals surface area contributed by atoms with Gasteiger partial charge in [-0.2, -0.15) is 0 Å². The maximum absolute atomic E-state index is 13.2. The van der Waals surface area contributed by atoms with E-state index >= 15 is 0 Å². The molecule has 0 unspecified atom stereocenters. The van der Waals surface area contributed by atoms with Crippen LogP contribution in [-0.2, 0) is 0 Å². The topological polar surface area (TPSA) is 46.3 Å². The van der Waals surface area contributed by atoms with Crippen LogP contribution in [0.1, 0.15) is 30.1 Å². The lowest BCUT2D eigenvalue weighted by Gasteiger charge is -2.39. The molecular formula is C14H18F2N2O. The highest BCUT2D eigenvalue weighted by atomic mass is 19.2. The molecule has 2 N–H and O–H groups in total. The van der Waals surface area contributed by atoms with Gasteiger partial charge >= 0.3 is 0 Å². The van der Waals surface area contributed by atoms with Crippen LogP contribution in [0.5, 0.6) is 0 Å². The molecule has 0 aliphatic carbocycles. The highest BCUT2D eigenvalue weighted by Gasteiger charge is 2.31. The second-order valence-electron chi connectivity index (χ2n) is 5.05. The van der Waals surface area contributed by atoms with Crippen LogP contribution in [-0.4, -0.2) is 29.9 Å². The van der Waals surface area contributed by atoms with Gasteiger partial charge in [0.05, 0.1) is 0 Å². The Morgan fingerprint density at radius 1 is 1.42 bits per heavy atom. The predicted octanol–water partition coefficient (Wildman–Crippen LogP) is 2.16. The Morgan fingerprint density at radius 3 is 2.79 bits per heavy atom. The van der Waals surface area contributed by atoms with Gasteiger partial charge in [-0.1, -0.05) is 6.92 Å². The Labute approximate surface area is 111 Å². The molecule has 1 heterocycles. The number of benzene rings is 1. The molecule has 3 nitrogen and oxygen atoms in total. The third-order valence-corrected chi connectivity index (χ3v) is 3.78. The minimum absolute atomic E-state index is 0.0330. The van der Waals surface area contributed by atoms with E-state index in [1.54, 1.807) is 4.90 Å². The van der Waals surface area contributed by atoms with Crippen molar-refractivity contribution < 1.29 is 13.6 Å². The van der Waals surface area contributed by atoms with Crippen LogP contribution in [0, 0.1) is 17.6 Å². The number of piperidine rings is 1. The summed E-state index contributed by atoms with van der Waals surface area (Å²) in [6.07, 6.45) is 1.94.